The van der Waals surface area contributed by atoms with Crippen LogP contribution >= 0.6 is 0 Å². The highest BCUT2D eigenvalue weighted by atomic mass is 16.5. The van der Waals surface area contributed by atoms with Crippen molar-refractivity contribution in [2.45, 2.75) is 57.9 Å². The molecule has 0 aliphatic rings. The van der Waals surface area contributed by atoms with Crippen LogP contribution in [0.3, 0.4) is 0 Å². The zero-order valence-electron chi connectivity index (χ0n) is 14.6. The summed E-state index contributed by atoms with van der Waals surface area (Å²) in [5.41, 5.74) is 0.291. The molecule has 0 aliphatic carbocycles. The fourth-order valence-corrected chi connectivity index (χ4v) is 2.83. The molecule has 0 bridgehead atoms. The van der Waals surface area contributed by atoms with Gasteiger partial charge in [-0.15, -0.1) is 0 Å². The molecule has 1 aromatic heterocycles. The third-order valence-corrected chi connectivity index (χ3v) is 4.23. The van der Waals surface area contributed by atoms with Crippen molar-refractivity contribution in [2.75, 3.05) is 6.61 Å². The highest BCUT2D eigenvalue weighted by molar-refractivity contribution is 5.43. The SMILES string of the molecule is CCCCOc1ccccc1C(C#N)(CCCC)Cn1cncn1. The molecular formula is C19H26N4O. The summed E-state index contributed by atoms with van der Waals surface area (Å²) in [4.78, 5) is 4.01. The molecule has 0 spiro atoms. The van der Waals surface area contributed by atoms with E-state index in [0.29, 0.717) is 13.2 Å². The summed E-state index contributed by atoms with van der Waals surface area (Å²) in [6.07, 6.45) is 8.05. The van der Waals surface area contributed by atoms with E-state index in [9.17, 15) is 5.26 Å². The lowest BCUT2D eigenvalue weighted by atomic mass is 9.77. The third kappa shape index (κ3) is 4.35. The van der Waals surface area contributed by atoms with Gasteiger partial charge in [0.15, 0.2) is 0 Å². The zero-order chi connectivity index (χ0) is 17.3. The summed E-state index contributed by atoms with van der Waals surface area (Å²) in [6, 6.07) is 10.5. The van der Waals surface area contributed by atoms with E-state index in [1.165, 1.54) is 6.33 Å². The van der Waals surface area contributed by atoms with E-state index >= 15 is 0 Å². The van der Waals surface area contributed by atoms with Crippen LogP contribution in [0, 0.1) is 11.3 Å². The molecule has 2 aromatic rings. The Bertz CT molecular complexity index is 648. The maximum absolute atomic E-state index is 10.1. The average Bonchev–Trinajstić information content (AvgIpc) is 3.12. The number of nitrogens with zero attached hydrogens (tertiary/aromatic N) is 4. The predicted molar refractivity (Wildman–Crippen MR) is 93.7 cm³/mol. The van der Waals surface area contributed by atoms with Crippen molar-refractivity contribution in [3.8, 4) is 11.8 Å². The Labute approximate surface area is 144 Å². The van der Waals surface area contributed by atoms with E-state index < -0.39 is 5.41 Å². The molecule has 5 nitrogen and oxygen atoms in total. The van der Waals surface area contributed by atoms with Gasteiger partial charge in [-0.1, -0.05) is 51.3 Å². The second kappa shape index (κ2) is 9.07. The number of nitriles is 1. The van der Waals surface area contributed by atoms with E-state index in [-0.39, 0.29) is 0 Å². The van der Waals surface area contributed by atoms with Crippen LogP contribution in [0.2, 0.25) is 0 Å². The van der Waals surface area contributed by atoms with Gasteiger partial charge < -0.3 is 4.74 Å². The van der Waals surface area contributed by atoms with E-state index in [0.717, 1.165) is 43.4 Å². The first-order valence-corrected chi connectivity index (χ1v) is 8.71. The van der Waals surface area contributed by atoms with E-state index in [1.54, 1.807) is 11.0 Å². The van der Waals surface area contributed by atoms with Crippen LogP contribution < -0.4 is 4.74 Å². The lowest BCUT2D eigenvalue weighted by Gasteiger charge is -2.29. The molecule has 2 rings (SSSR count). The van der Waals surface area contributed by atoms with Crippen LogP contribution in [0.15, 0.2) is 36.9 Å². The fraction of sp³-hybridized carbons (Fsp3) is 0.526. The van der Waals surface area contributed by atoms with Crippen molar-refractivity contribution in [3.05, 3.63) is 42.5 Å². The van der Waals surface area contributed by atoms with Crippen molar-refractivity contribution < 1.29 is 4.74 Å². The number of aromatic nitrogens is 3. The third-order valence-electron chi connectivity index (χ3n) is 4.23. The van der Waals surface area contributed by atoms with Crippen molar-refractivity contribution in [1.29, 1.82) is 5.26 Å². The Kier molecular flexibility index (Phi) is 6.80. The molecule has 0 saturated heterocycles. The number of hydrogen-bond acceptors (Lipinski definition) is 4. The van der Waals surface area contributed by atoms with Gasteiger partial charge in [0, 0.05) is 5.56 Å². The van der Waals surface area contributed by atoms with Crippen LogP contribution in [0.1, 0.15) is 51.5 Å². The molecule has 0 N–H and O–H groups in total. The molecular weight excluding hydrogens is 300 g/mol. The van der Waals surface area contributed by atoms with Crippen LogP contribution in [0.25, 0.3) is 0 Å². The van der Waals surface area contributed by atoms with Gasteiger partial charge in [0.1, 0.15) is 23.8 Å². The van der Waals surface area contributed by atoms with E-state index in [4.69, 9.17) is 4.74 Å². The summed E-state index contributed by atoms with van der Waals surface area (Å²) in [5, 5.41) is 14.3. The number of hydrogen-bond donors (Lipinski definition) is 0. The summed E-state index contributed by atoms with van der Waals surface area (Å²) in [6.45, 7) is 5.44. The summed E-state index contributed by atoms with van der Waals surface area (Å²) < 4.78 is 7.73. The summed E-state index contributed by atoms with van der Waals surface area (Å²) in [7, 11) is 0. The lowest BCUT2D eigenvalue weighted by Crippen LogP contribution is -2.31. The first-order valence-electron chi connectivity index (χ1n) is 8.71. The second-order valence-corrected chi connectivity index (χ2v) is 6.09. The van der Waals surface area contributed by atoms with Crippen molar-refractivity contribution in [1.82, 2.24) is 14.8 Å². The normalized spacial score (nSPS) is 13.2. The Morgan fingerprint density at radius 1 is 1.21 bits per heavy atom. The first-order chi connectivity index (χ1) is 11.8. The predicted octanol–water partition coefficient (Wildman–Crippen LogP) is 4.11. The van der Waals surface area contributed by atoms with Crippen molar-refractivity contribution in [2.24, 2.45) is 0 Å². The van der Waals surface area contributed by atoms with Gasteiger partial charge in [-0.2, -0.15) is 10.4 Å². The van der Waals surface area contributed by atoms with Crippen molar-refractivity contribution >= 4 is 0 Å². The quantitative estimate of drug-likeness (QED) is 0.616. The standard InChI is InChI=1S/C19H26N4O/c1-3-5-11-19(13-20,14-23-16-21-15-22-23)17-9-7-8-10-18(17)24-12-6-4-2/h7-10,15-16H,3-6,11-12,14H2,1-2H3. The van der Waals surface area contributed by atoms with Crippen LogP contribution in [0.5, 0.6) is 5.75 Å². The van der Waals surface area contributed by atoms with Gasteiger partial charge in [0.25, 0.3) is 0 Å². The monoisotopic (exact) mass is 326 g/mol. The minimum absolute atomic E-state index is 0.484. The number of para-hydroxylation sites is 1. The molecule has 0 fully saturated rings. The molecule has 0 saturated carbocycles. The van der Waals surface area contributed by atoms with Gasteiger partial charge in [0.2, 0.25) is 0 Å². The van der Waals surface area contributed by atoms with E-state index in [2.05, 4.69) is 30.0 Å². The molecule has 1 aromatic carbocycles. The minimum atomic E-state index is -0.660. The molecule has 24 heavy (non-hydrogen) atoms. The smallest absolute Gasteiger partial charge is 0.137 e. The molecule has 1 atom stereocenters. The Balaban J connectivity index is 2.37. The number of unbranched alkanes of at least 4 members (excludes halogenated alkanes) is 2. The van der Waals surface area contributed by atoms with Gasteiger partial charge in [-0.25, -0.2) is 4.98 Å². The van der Waals surface area contributed by atoms with Crippen molar-refractivity contribution in [3.63, 3.8) is 0 Å². The first kappa shape index (κ1) is 18.0. The molecule has 0 radical (unpaired) electrons. The number of ether oxygens (including phenoxy) is 1. The average molecular weight is 326 g/mol. The molecule has 5 heteroatoms. The van der Waals surface area contributed by atoms with Crippen LogP contribution in [0.4, 0.5) is 0 Å². The molecule has 1 heterocycles. The zero-order valence-corrected chi connectivity index (χ0v) is 14.6. The molecule has 0 amide bonds. The van der Waals surface area contributed by atoms with E-state index in [1.807, 2.05) is 24.3 Å². The topological polar surface area (TPSA) is 63.7 Å². The highest BCUT2D eigenvalue weighted by Gasteiger charge is 2.35. The highest BCUT2D eigenvalue weighted by Crippen LogP contribution is 2.37. The summed E-state index contributed by atoms with van der Waals surface area (Å²) in [5.74, 6) is 0.809. The van der Waals surface area contributed by atoms with Crippen LogP contribution in [-0.2, 0) is 12.0 Å². The Morgan fingerprint density at radius 2 is 2.00 bits per heavy atom. The minimum Gasteiger partial charge on any atom is -0.493 e. The van der Waals surface area contributed by atoms with Gasteiger partial charge in [-0.3, -0.25) is 4.68 Å². The Hall–Kier alpha value is -2.35. The maximum Gasteiger partial charge on any atom is 0.137 e. The largest absolute Gasteiger partial charge is 0.493 e. The van der Waals surface area contributed by atoms with Gasteiger partial charge >= 0.3 is 0 Å². The Morgan fingerprint density at radius 3 is 2.67 bits per heavy atom. The number of benzene rings is 1. The second-order valence-electron chi connectivity index (χ2n) is 6.09. The number of rotatable bonds is 10. The van der Waals surface area contributed by atoms with Gasteiger partial charge in [-0.05, 0) is 18.9 Å². The lowest BCUT2D eigenvalue weighted by molar-refractivity contribution is 0.293. The maximum atomic E-state index is 10.1. The van der Waals surface area contributed by atoms with Crippen LogP contribution in [-0.4, -0.2) is 21.4 Å². The van der Waals surface area contributed by atoms with Gasteiger partial charge in [0.05, 0.1) is 19.2 Å². The molecule has 0 aliphatic heterocycles. The fourth-order valence-electron chi connectivity index (χ4n) is 2.83. The molecule has 1 unspecified atom stereocenters. The molecule has 128 valence electrons. The summed E-state index contributed by atoms with van der Waals surface area (Å²) >= 11 is 0.